The minimum absolute atomic E-state index is 0.0757. The normalized spacial score (nSPS) is 10.1. The van der Waals surface area contributed by atoms with Gasteiger partial charge in [0, 0.05) is 6.07 Å². The highest BCUT2D eigenvalue weighted by molar-refractivity contribution is 9.10. The average molecular weight is 282 g/mol. The van der Waals surface area contributed by atoms with Crippen LogP contribution in [0.15, 0.2) is 45.5 Å². The van der Waals surface area contributed by atoms with E-state index >= 15 is 0 Å². The average Bonchev–Trinajstić information content (AvgIpc) is 2.73. The van der Waals surface area contributed by atoms with Crippen molar-refractivity contribution in [3.05, 3.63) is 52.3 Å². The molecular weight excluding hydrogens is 274 g/mol. The maximum absolute atomic E-state index is 11.5. The maximum Gasteiger partial charge on any atom is 0.338 e. The lowest BCUT2D eigenvalue weighted by Gasteiger charge is -2.01. The van der Waals surface area contributed by atoms with Gasteiger partial charge in [0.2, 0.25) is 0 Å². The van der Waals surface area contributed by atoms with Gasteiger partial charge < -0.3 is 9.26 Å². The van der Waals surface area contributed by atoms with Crippen LogP contribution >= 0.6 is 15.9 Å². The number of carbonyl (C=O) groups is 1. The summed E-state index contributed by atoms with van der Waals surface area (Å²) in [5.74, 6) is 0.115. The first-order chi connectivity index (χ1) is 7.75. The van der Waals surface area contributed by atoms with Gasteiger partial charge in [-0.05, 0) is 28.1 Å². The van der Waals surface area contributed by atoms with E-state index in [-0.39, 0.29) is 12.6 Å². The van der Waals surface area contributed by atoms with Crippen LogP contribution in [-0.4, -0.2) is 11.1 Å². The zero-order chi connectivity index (χ0) is 11.4. The summed E-state index contributed by atoms with van der Waals surface area (Å²) in [7, 11) is 0. The minimum Gasteiger partial charge on any atom is -0.454 e. The van der Waals surface area contributed by atoms with E-state index in [1.54, 1.807) is 30.3 Å². The van der Waals surface area contributed by atoms with Crippen LogP contribution < -0.4 is 0 Å². The Morgan fingerprint density at radius 3 is 2.75 bits per heavy atom. The number of esters is 1. The van der Waals surface area contributed by atoms with E-state index in [0.717, 1.165) is 0 Å². The molecule has 0 radical (unpaired) electrons. The zero-order valence-corrected chi connectivity index (χ0v) is 9.81. The Hall–Kier alpha value is -1.62. The van der Waals surface area contributed by atoms with Gasteiger partial charge in [-0.1, -0.05) is 23.4 Å². The number of benzene rings is 1. The number of aromatic nitrogens is 1. The van der Waals surface area contributed by atoms with Crippen molar-refractivity contribution in [3.8, 4) is 0 Å². The largest absolute Gasteiger partial charge is 0.454 e. The summed E-state index contributed by atoms with van der Waals surface area (Å²) in [5, 5.41) is 3.62. The maximum atomic E-state index is 11.5. The van der Waals surface area contributed by atoms with Gasteiger partial charge in [0.15, 0.2) is 12.4 Å². The highest BCUT2D eigenvalue weighted by Crippen LogP contribution is 2.11. The van der Waals surface area contributed by atoms with Gasteiger partial charge in [-0.2, -0.15) is 0 Å². The molecule has 0 bridgehead atoms. The van der Waals surface area contributed by atoms with E-state index in [1.165, 1.54) is 0 Å². The first-order valence-electron chi connectivity index (χ1n) is 4.59. The lowest BCUT2D eigenvalue weighted by Crippen LogP contribution is -2.04. The SMILES string of the molecule is O=C(OCc1cc(Br)no1)c1ccccc1. The van der Waals surface area contributed by atoms with Crippen molar-refractivity contribution in [1.29, 1.82) is 0 Å². The number of rotatable bonds is 3. The predicted molar refractivity (Wildman–Crippen MR) is 59.8 cm³/mol. The molecule has 82 valence electrons. The third kappa shape index (κ3) is 2.70. The molecule has 0 aliphatic heterocycles. The Morgan fingerprint density at radius 2 is 2.12 bits per heavy atom. The predicted octanol–water partition coefficient (Wildman–Crippen LogP) is 2.79. The number of hydrogen-bond donors (Lipinski definition) is 0. The fraction of sp³-hybridized carbons (Fsp3) is 0.0909. The molecule has 0 atom stereocenters. The molecule has 5 heteroatoms. The molecule has 0 unspecified atom stereocenters. The van der Waals surface area contributed by atoms with Crippen molar-refractivity contribution >= 4 is 21.9 Å². The second kappa shape index (κ2) is 4.94. The monoisotopic (exact) mass is 281 g/mol. The van der Waals surface area contributed by atoms with E-state index in [9.17, 15) is 4.79 Å². The van der Waals surface area contributed by atoms with E-state index < -0.39 is 0 Å². The van der Waals surface area contributed by atoms with Crippen molar-refractivity contribution < 1.29 is 14.1 Å². The number of halogens is 1. The summed E-state index contributed by atoms with van der Waals surface area (Å²) in [4.78, 5) is 11.5. The summed E-state index contributed by atoms with van der Waals surface area (Å²) in [6.07, 6.45) is 0. The van der Waals surface area contributed by atoms with Gasteiger partial charge in [0.05, 0.1) is 5.56 Å². The highest BCUT2D eigenvalue weighted by Gasteiger charge is 2.08. The molecule has 16 heavy (non-hydrogen) atoms. The van der Waals surface area contributed by atoms with E-state index in [2.05, 4.69) is 21.1 Å². The topological polar surface area (TPSA) is 52.3 Å². The van der Waals surface area contributed by atoms with Gasteiger partial charge in [0.25, 0.3) is 0 Å². The Balaban J connectivity index is 1.94. The van der Waals surface area contributed by atoms with Crippen molar-refractivity contribution in [2.24, 2.45) is 0 Å². The van der Waals surface area contributed by atoms with E-state index in [0.29, 0.717) is 15.9 Å². The van der Waals surface area contributed by atoms with Gasteiger partial charge in [-0.15, -0.1) is 0 Å². The summed E-state index contributed by atoms with van der Waals surface area (Å²) in [5.41, 5.74) is 0.515. The molecule has 0 spiro atoms. The molecule has 0 aliphatic rings. The van der Waals surface area contributed by atoms with Crippen LogP contribution in [0, 0.1) is 0 Å². The minimum atomic E-state index is -0.381. The smallest absolute Gasteiger partial charge is 0.338 e. The van der Waals surface area contributed by atoms with Crippen molar-refractivity contribution in [2.45, 2.75) is 6.61 Å². The number of carbonyl (C=O) groups excluding carboxylic acids is 1. The van der Waals surface area contributed by atoms with Crippen LogP contribution in [0.3, 0.4) is 0 Å². The molecule has 0 aliphatic carbocycles. The highest BCUT2D eigenvalue weighted by atomic mass is 79.9. The van der Waals surface area contributed by atoms with Crippen LogP contribution in [0.4, 0.5) is 0 Å². The lowest BCUT2D eigenvalue weighted by atomic mass is 10.2. The molecule has 0 N–H and O–H groups in total. The molecule has 1 heterocycles. The Morgan fingerprint density at radius 1 is 1.38 bits per heavy atom. The molecule has 0 amide bonds. The third-order valence-electron chi connectivity index (χ3n) is 1.89. The molecule has 2 aromatic rings. The Labute approximate surface area is 100 Å². The van der Waals surface area contributed by atoms with Crippen molar-refractivity contribution in [2.75, 3.05) is 0 Å². The molecule has 0 saturated heterocycles. The Kier molecular flexibility index (Phi) is 3.36. The van der Waals surface area contributed by atoms with Crippen LogP contribution in [0.5, 0.6) is 0 Å². The lowest BCUT2D eigenvalue weighted by molar-refractivity contribution is 0.0437. The second-order valence-electron chi connectivity index (χ2n) is 3.06. The first kappa shape index (κ1) is 10.9. The first-order valence-corrected chi connectivity index (χ1v) is 5.38. The van der Waals surface area contributed by atoms with Gasteiger partial charge in [0.1, 0.15) is 4.60 Å². The summed E-state index contributed by atoms with van der Waals surface area (Å²) < 4.78 is 10.5. The fourth-order valence-electron chi connectivity index (χ4n) is 1.15. The molecule has 4 nitrogen and oxygen atoms in total. The van der Waals surface area contributed by atoms with Crippen LogP contribution in [0.1, 0.15) is 16.1 Å². The Bertz CT molecular complexity index is 481. The number of hydrogen-bond acceptors (Lipinski definition) is 4. The van der Waals surface area contributed by atoms with Crippen molar-refractivity contribution in [1.82, 2.24) is 5.16 Å². The van der Waals surface area contributed by atoms with Crippen LogP contribution in [0.25, 0.3) is 0 Å². The molecular formula is C11H8BrNO3. The van der Waals surface area contributed by atoms with E-state index in [1.807, 2.05) is 6.07 Å². The molecule has 2 rings (SSSR count). The third-order valence-corrected chi connectivity index (χ3v) is 2.26. The summed E-state index contributed by atoms with van der Waals surface area (Å²) in [6, 6.07) is 10.4. The fourth-order valence-corrected chi connectivity index (χ4v) is 1.48. The number of nitrogens with zero attached hydrogens (tertiary/aromatic N) is 1. The van der Waals surface area contributed by atoms with Gasteiger partial charge >= 0.3 is 5.97 Å². The van der Waals surface area contributed by atoms with Gasteiger partial charge in [-0.3, -0.25) is 0 Å². The molecule has 1 aromatic carbocycles. The quantitative estimate of drug-likeness (QED) is 0.812. The summed E-state index contributed by atoms with van der Waals surface area (Å²) >= 11 is 3.14. The van der Waals surface area contributed by atoms with Crippen molar-refractivity contribution in [3.63, 3.8) is 0 Å². The molecule has 0 saturated carbocycles. The zero-order valence-electron chi connectivity index (χ0n) is 8.22. The summed E-state index contributed by atoms with van der Waals surface area (Å²) in [6.45, 7) is 0.0757. The molecule has 0 fully saturated rings. The second-order valence-corrected chi connectivity index (χ2v) is 3.87. The van der Waals surface area contributed by atoms with E-state index in [4.69, 9.17) is 9.26 Å². The number of ether oxygens (including phenoxy) is 1. The standard InChI is InChI=1S/C11H8BrNO3/c12-10-6-9(16-13-10)7-15-11(14)8-4-2-1-3-5-8/h1-6H,7H2. The van der Waals surface area contributed by atoms with Gasteiger partial charge in [-0.25, -0.2) is 4.79 Å². The van der Waals surface area contributed by atoms with Crippen LogP contribution in [-0.2, 0) is 11.3 Å². The van der Waals surface area contributed by atoms with Crippen LogP contribution in [0.2, 0.25) is 0 Å². The molecule has 1 aromatic heterocycles.